The first kappa shape index (κ1) is 9.07. The summed E-state index contributed by atoms with van der Waals surface area (Å²) in [5.74, 6) is -0.622. The van der Waals surface area contributed by atoms with Crippen LogP contribution >= 0.6 is 0 Å². The number of ether oxygens (including phenoxy) is 1. The van der Waals surface area contributed by atoms with Crippen molar-refractivity contribution in [2.45, 2.75) is 0 Å². The van der Waals surface area contributed by atoms with Gasteiger partial charge >= 0.3 is 5.97 Å². The van der Waals surface area contributed by atoms with Crippen LogP contribution in [0.3, 0.4) is 0 Å². The van der Waals surface area contributed by atoms with E-state index in [1.165, 1.54) is 13.2 Å². The van der Waals surface area contributed by atoms with Crippen molar-refractivity contribution in [1.82, 2.24) is 4.98 Å². The predicted octanol–water partition coefficient (Wildman–Crippen LogP) is 1.09. The van der Waals surface area contributed by atoms with Crippen LogP contribution in [0.2, 0.25) is 0 Å². The van der Waals surface area contributed by atoms with Gasteiger partial charge in [-0.2, -0.15) is 5.26 Å². The molecule has 0 fully saturated rings. The minimum absolute atomic E-state index is 0.0119. The first-order valence-corrected chi connectivity index (χ1v) is 3.61. The van der Waals surface area contributed by atoms with Gasteiger partial charge in [-0.1, -0.05) is 0 Å². The third-order valence-electron chi connectivity index (χ3n) is 1.46. The van der Waals surface area contributed by atoms with Crippen LogP contribution in [-0.2, 0) is 9.53 Å². The Hall–Kier alpha value is -2.02. The lowest BCUT2D eigenvalue weighted by molar-refractivity contribution is -0.135. The van der Waals surface area contributed by atoms with Crippen molar-refractivity contribution in [2.75, 3.05) is 7.11 Å². The van der Waals surface area contributed by atoms with Crippen LogP contribution < -0.4 is 0 Å². The van der Waals surface area contributed by atoms with Gasteiger partial charge in [-0.15, -0.1) is 0 Å². The van der Waals surface area contributed by atoms with Gasteiger partial charge in [0.2, 0.25) is 0 Å². The predicted molar refractivity (Wildman–Crippen MR) is 46.4 cm³/mol. The van der Waals surface area contributed by atoms with Crippen molar-refractivity contribution in [3.63, 3.8) is 0 Å². The summed E-state index contributed by atoms with van der Waals surface area (Å²) >= 11 is 0. The molecule has 0 amide bonds. The van der Waals surface area contributed by atoms with E-state index in [1.807, 2.05) is 0 Å². The minimum Gasteiger partial charge on any atom is -0.465 e. The maximum absolute atomic E-state index is 10.9. The molecule has 66 valence electrons. The van der Waals surface area contributed by atoms with Gasteiger partial charge in [-0.25, -0.2) is 4.79 Å². The molecule has 0 aliphatic heterocycles. The molecule has 0 bridgehead atoms. The molecule has 0 radical (unpaired) electrons. The van der Waals surface area contributed by atoms with E-state index in [1.54, 1.807) is 24.5 Å². The second-order valence-electron chi connectivity index (χ2n) is 2.31. The Labute approximate surface area is 75.4 Å². The Balaban J connectivity index is 2.91. The Bertz CT molecular complexity index is 357. The van der Waals surface area contributed by atoms with E-state index in [4.69, 9.17) is 5.26 Å². The first-order chi connectivity index (χ1) is 6.27. The second-order valence-corrected chi connectivity index (χ2v) is 2.31. The summed E-state index contributed by atoms with van der Waals surface area (Å²) < 4.78 is 4.41. The average molecular weight is 176 g/mol. The van der Waals surface area contributed by atoms with Crippen molar-refractivity contribution in [2.24, 2.45) is 0 Å². The fraction of sp³-hybridized carbons (Fsp3) is 0.111. The highest BCUT2D eigenvalue weighted by Crippen LogP contribution is 2.05. The number of nitrogens with one attached hydrogen (secondary N) is 1. The SMILES string of the molecule is COC(=O)/C(C#N)=C/c1cc[nH]c1. The minimum atomic E-state index is -0.622. The lowest BCUT2D eigenvalue weighted by atomic mass is 10.2. The lowest BCUT2D eigenvalue weighted by Gasteiger charge is -1.93. The van der Waals surface area contributed by atoms with Crippen LogP contribution in [0.25, 0.3) is 6.08 Å². The number of methoxy groups -OCH3 is 1. The molecule has 1 rings (SSSR count). The van der Waals surface area contributed by atoms with Gasteiger partial charge in [-0.3, -0.25) is 0 Å². The molecule has 1 aromatic rings. The second kappa shape index (κ2) is 4.12. The number of hydrogen-bond donors (Lipinski definition) is 1. The average Bonchev–Trinajstić information content (AvgIpc) is 2.65. The number of hydrogen-bond acceptors (Lipinski definition) is 3. The van der Waals surface area contributed by atoms with Crippen LogP contribution in [0, 0.1) is 11.3 Å². The highest BCUT2D eigenvalue weighted by atomic mass is 16.5. The Morgan fingerprint density at radius 3 is 3.00 bits per heavy atom. The van der Waals surface area contributed by atoms with Crippen molar-refractivity contribution < 1.29 is 9.53 Å². The van der Waals surface area contributed by atoms with Crippen LogP contribution in [0.4, 0.5) is 0 Å². The largest absolute Gasteiger partial charge is 0.465 e. The fourth-order valence-corrected chi connectivity index (χ4v) is 0.840. The van der Waals surface area contributed by atoms with E-state index in [0.29, 0.717) is 0 Å². The fourth-order valence-electron chi connectivity index (χ4n) is 0.840. The van der Waals surface area contributed by atoms with Crippen LogP contribution in [0.1, 0.15) is 5.56 Å². The van der Waals surface area contributed by atoms with Crippen molar-refractivity contribution in [1.29, 1.82) is 5.26 Å². The third kappa shape index (κ3) is 2.20. The van der Waals surface area contributed by atoms with Crippen LogP contribution in [-0.4, -0.2) is 18.1 Å². The van der Waals surface area contributed by atoms with E-state index in [0.717, 1.165) is 5.56 Å². The Kier molecular flexibility index (Phi) is 2.87. The first-order valence-electron chi connectivity index (χ1n) is 3.61. The molecule has 0 spiro atoms. The number of aromatic nitrogens is 1. The summed E-state index contributed by atoms with van der Waals surface area (Å²) in [5, 5.41) is 8.60. The number of rotatable bonds is 2. The Morgan fingerprint density at radius 2 is 2.54 bits per heavy atom. The van der Waals surface area contributed by atoms with Gasteiger partial charge in [0.25, 0.3) is 0 Å². The van der Waals surface area contributed by atoms with Crippen LogP contribution in [0.5, 0.6) is 0 Å². The number of nitriles is 1. The number of nitrogens with zero attached hydrogens (tertiary/aromatic N) is 1. The van der Waals surface area contributed by atoms with E-state index in [2.05, 4.69) is 9.72 Å². The van der Waals surface area contributed by atoms with E-state index < -0.39 is 5.97 Å². The standard InChI is InChI=1S/C9H8N2O2/c1-13-9(12)8(5-10)4-7-2-3-11-6-7/h2-4,6,11H,1H3/b8-4+. The van der Waals surface area contributed by atoms with Crippen LogP contribution in [0.15, 0.2) is 24.0 Å². The molecule has 1 aromatic heterocycles. The number of carbonyl (C=O) groups is 1. The monoisotopic (exact) mass is 176 g/mol. The molecule has 13 heavy (non-hydrogen) atoms. The molecule has 0 atom stereocenters. The van der Waals surface area contributed by atoms with E-state index >= 15 is 0 Å². The summed E-state index contributed by atoms with van der Waals surface area (Å²) in [4.78, 5) is 13.8. The van der Waals surface area contributed by atoms with Crippen molar-refractivity contribution in [3.05, 3.63) is 29.6 Å². The molecule has 0 unspecified atom stereocenters. The maximum atomic E-state index is 10.9. The number of H-pyrrole nitrogens is 1. The summed E-state index contributed by atoms with van der Waals surface area (Å²) in [5.41, 5.74) is 0.754. The zero-order valence-electron chi connectivity index (χ0n) is 7.07. The maximum Gasteiger partial charge on any atom is 0.348 e. The smallest absolute Gasteiger partial charge is 0.348 e. The Morgan fingerprint density at radius 1 is 1.77 bits per heavy atom. The quantitative estimate of drug-likeness (QED) is 0.416. The molecule has 0 aromatic carbocycles. The van der Waals surface area contributed by atoms with E-state index in [9.17, 15) is 4.79 Å². The summed E-state index contributed by atoms with van der Waals surface area (Å²) in [7, 11) is 1.24. The van der Waals surface area contributed by atoms with Gasteiger partial charge in [-0.05, 0) is 17.7 Å². The zero-order chi connectivity index (χ0) is 9.68. The van der Waals surface area contributed by atoms with Crippen molar-refractivity contribution in [3.8, 4) is 6.07 Å². The van der Waals surface area contributed by atoms with Gasteiger partial charge in [0.05, 0.1) is 7.11 Å². The summed E-state index contributed by atoms with van der Waals surface area (Å²) in [6.45, 7) is 0. The topological polar surface area (TPSA) is 65.9 Å². The molecule has 1 N–H and O–H groups in total. The molecule has 1 heterocycles. The number of esters is 1. The van der Waals surface area contributed by atoms with Gasteiger partial charge in [0.1, 0.15) is 11.6 Å². The van der Waals surface area contributed by atoms with E-state index in [-0.39, 0.29) is 5.57 Å². The van der Waals surface area contributed by atoms with Gasteiger partial charge < -0.3 is 9.72 Å². The normalized spacial score (nSPS) is 10.6. The number of carbonyl (C=O) groups excluding carboxylic acids is 1. The zero-order valence-corrected chi connectivity index (χ0v) is 7.07. The molecule has 0 aliphatic rings. The summed E-state index contributed by atoms with van der Waals surface area (Å²) in [6, 6.07) is 3.51. The third-order valence-corrected chi connectivity index (χ3v) is 1.46. The molecular formula is C9H8N2O2. The highest BCUT2D eigenvalue weighted by molar-refractivity contribution is 5.97. The molecule has 0 saturated carbocycles. The highest BCUT2D eigenvalue weighted by Gasteiger charge is 2.07. The number of aromatic amines is 1. The lowest BCUT2D eigenvalue weighted by Crippen LogP contribution is -2.02. The van der Waals surface area contributed by atoms with Gasteiger partial charge in [0.15, 0.2) is 0 Å². The molecular weight excluding hydrogens is 168 g/mol. The van der Waals surface area contributed by atoms with Gasteiger partial charge in [0, 0.05) is 12.4 Å². The molecule has 4 heteroatoms. The molecule has 0 saturated heterocycles. The van der Waals surface area contributed by atoms with Crippen molar-refractivity contribution >= 4 is 12.0 Å². The molecule has 4 nitrogen and oxygen atoms in total. The summed E-state index contributed by atoms with van der Waals surface area (Å²) in [6.07, 6.45) is 4.85. The molecule has 0 aliphatic carbocycles.